The summed E-state index contributed by atoms with van der Waals surface area (Å²) >= 11 is 0. The first-order chi connectivity index (χ1) is 8.35. The predicted molar refractivity (Wildman–Crippen MR) is 71.6 cm³/mol. The zero-order valence-electron chi connectivity index (χ0n) is 11.0. The quantitative estimate of drug-likeness (QED) is 0.786. The van der Waals surface area contributed by atoms with Gasteiger partial charge in [-0.25, -0.2) is 0 Å². The van der Waals surface area contributed by atoms with Crippen molar-refractivity contribution in [2.75, 3.05) is 13.7 Å². The number of benzene rings is 1. The summed E-state index contributed by atoms with van der Waals surface area (Å²) in [4.78, 5) is 0. The Hall–Kier alpha value is -1.02. The van der Waals surface area contributed by atoms with Gasteiger partial charge >= 0.3 is 0 Å². The van der Waals surface area contributed by atoms with E-state index in [4.69, 9.17) is 4.74 Å². The fourth-order valence-electron chi connectivity index (χ4n) is 2.58. The van der Waals surface area contributed by atoms with Gasteiger partial charge in [0, 0.05) is 6.04 Å². The molecule has 94 valence electrons. The van der Waals surface area contributed by atoms with Gasteiger partial charge in [0.1, 0.15) is 5.75 Å². The minimum atomic E-state index is 0.552. The lowest BCUT2D eigenvalue weighted by Crippen LogP contribution is -2.26. The van der Waals surface area contributed by atoms with E-state index < -0.39 is 0 Å². The molecule has 2 nitrogen and oxygen atoms in total. The van der Waals surface area contributed by atoms with Crippen LogP contribution >= 0.6 is 0 Å². The van der Waals surface area contributed by atoms with Crippen LogP contribution in [0.2, 0.25) is 0 Å². The zero-order chi connectivity index (χ0) is 12.1. The Kier molecular flexibility index (Phi) is 4.43. The van der Waals surface area contributed by atoms with Gasteiger partial charge in [-0.2, -0.15) is 0 Å². The smallest absolute Gasteiger partial charge is 0.119 e. The molecule has 2 rings (SSSR count). The van der Waals surface area contributed by atoms with E-state index in [0.29, 0.717) is 6.04 Å². The molecule has 0 fully saturated rings. The minimum Gasteiger partial charge on any atom is -0.497 e. The summed E-state index contributed by atoms with van der Waals surface area (Å²) in [6.07, 6.45) is 6.27. The second-order valence-electron chi connectivity index (χ2n) is 4.82. The number of unbranched alkanes of at least 4 members (excludes halogenated alkanes) is 1. The van der Waals surface area contributed by atoms with Crippen molar-refractivity contribution in [3.8, 4) is 5.75 Å². The average molecular weight is 233 g/mol. The van der Waals surface area contributed by atoms with Gasteiger partial charge in [-0.1, -0.05) is 19.4 Å². The van der Waals surface area contributed by atoms with Crippen molar-refractivity contribution in [1.29, 1.82) is 0 Å². The van der Waals surface area contributed by atoms with E-state index in [0.717, 1.165) is 12.3 Å². The first-order valence-corrected chi connectivity index (χ1v) is 6.75. The van der Waals surface area contributed by atoms with Crippen LogP contribution in [-0.2, 0) is 6.42 Å². The number of fused-ring (bicyclic) bond motifs is 1. The largest absolute Gasteiger partial charge is 0.497 e. The van der Waals surface area contributed by atoms with Crippen molar-refractivity contribution in [2.24, 2.45) is 0 Å². The van der Waals surface area contributed by atoms with Crippen molar-refractivity contribution in [1.82, 2.24) is 5.32 Å². The maximum atomic E-state index is 5.29. The minimum absolute atomic E-state index is 0.552. The molecule has 1 aliphatic carbocycles. The summed E-state index contributed by atoms with van der Waals surface area (Å²) in [5.74, 6) is 0.984. The Morgan fingerprint density at radius 1 is 1.41 bits per heavy atom. The highest BCUT2D eigenvalue weighted by molar-refractivity contribution is 5.39. The highest BCUT2D eigenvalue weighted by Crippen LogP contribution is 2.32. The maximum Gasteiger partial charge on any atom is 0.119 e. The number of methoxy groups -OCH3 is 1. The lowest BCUT2D eigenvalue weighted by molar-refractivity contribution is 0.410. The van der Waals surface area contributed by atoms with Crippen LogP contribution in [0.25, 0.3) is 0 Å². The Bertz CT molecular complexity index is 362. The summed E-state index contributed by atoms with van der Waals surface area (Å²) in [5.41, 5.74) is 2.94. The highest BCUT2D eigenvalue weighted by atomic mass is 16.5. The molecule has 1 aromatic carbocycles. The van der Waals surface area contributed by atoms with Crippen LogP contribution in [0.1, 0.15) is 49.8 Å². The van der Waals surface area contributed by atoms with Gasteiger partial charge in [0.25, 0.3) is 0 Å². The molecular weight excluding hydrogens is 210 g/mol. The van der Waals surface area contributed by atoms with E-state index in [1.54, 1.807) is 7.11 Å². The zero-order valence-corrected chi connectivity index (χ0v) is 11.0. The maximum absolute atomic E-state index is 5.29. The number of aryl methyl sites for hydroxylation is 1. The van der Waals surface area contributed by atoms with Crippen molar-refractivity contribution in [3.63, 3.8) is 0 Å². The Morgan fingerprint density at radius 3 is 3.06 bits per heavy atom. The summed E-state index contributed by atoms with van der Waals surface area (Å²) < 4.78 is 5.29. The molecule has 0 heterocycles. The number of ether oxygens (including phenoxy) is 1. The second kappa shape index (κ2) is 6.06. The van der Waals surface area contributed by atoms with Gasteiger partial charge in [0.05, 0.1) is 7.11 Å². The van der Waals surface area contributed by atoms with Crippen LogP contribution in [-0.4, -0.2) is 13.7 Å². The van der Waals surface area contributed by atoms with Crippen LogP contribution < -0.4 is 10.1 Å². The molecule has 2 heteroatoms. The van der Waals surface area contributed by atoms with Gasteiger partial charge in [0.2, 0.25) is 0 Å². The van der Waals surface area contributed by atoms with Crippen molar-refractivity contribution in [3.05, 3.63) is 29.3 Å². The molecule has 1 N–H and O–H groups in total. The highest BCUT2D eigenvalue weighted by Gasteiger charge is 2.19. The molecule has 0 saturated carbocycles. The van der Waals surface area contributed by atoms with Crippen molar-refractivity contribution >= 4 is 0 Å². The molecule has 0 spiro atoms. The fourth-order valence-corrected chi connectivity index (χ4v) is 2.58. The number of rotatable bonds is 5. The van der Waals surface area contributed by atoms with E-state index in [1.165, 1.54) is 43.2 Å². The summed E-state index contributed by atoms with van der Waals surface area (Å²) in [5, 5.41) is 3.68. The molecule has 1 aliphatic rings. The van der Waals surface area contributed by atoms with E-state index in [1.807, 2.05) is 0 Å². The third-order valence-corrected chi connectivity index (χ3v) is 3.59. The van der Waals surface area contributed by atoms with Gasteiger partial charge in [-0.05, 0) is 55.5 Å². The standard InChI is InChI=1S/C15H23NO/c1-3-4-10-16-15-7-5-6-12-11-13(17-2)8-9-14(12)15/h8-9,11,15-16H,3-7,10H2,1-2H3. The molecule has 0 saturated heterocycles. The summed E-state index contributed by atoms with van der Waals surface area (Å²) in [7, 11) is 1.74. The molecule has 1 aromatic rings. The molecule has 0 radical (unpaired) electrons. The van der Waals surface area contributed by atoms with Crippen molar-refractivity contribution in [2.45, 2.75) is 45.1 Å². The lowest BCUT2D eigenvalue weighted by Gasteiger charge is -2.27. The Morgan fingerprint density at radius 2 is 2.29 bits per heavy atom. The van der Waals surface area contributed by atoms with Gasteiger partial charge in [-0.3, -0.25) is 0 Å². The van der Waals surface area contributed by atoms with Crippen LogP contribution in [0, 0.1) is 0 Å². The lowest BCUT2D eigenvalue weighted by atomic mass is 9.87. The molecule has 0 aliphatic heterocycles. The number of hydrogen-bond acceptors (Lipinski definition) is 2. The van der Waals surface area contributed by atoms with Crippen LogP contribution in [0.5, 0.6) is 5.75 Å². The summed E-state index contributed by atoms with van der Waals surface area (Å²) in [6, 6.07) is 7.06. The topological polar surface area (TPSA) is 21.3 Å². The first kappa shape index (κ1) is 12.4. The predicted octanol–water partition coefficient (Wildman–Crippen LogP) is 3.46. The number of nitrogens with one attached hydrogen (secondary N) is 1. The molecule has 0 aromatic heterocycles. The molecule has 0 bridgehead atoms. The molecular formula is C15H23NO. The first-order valence-electron chi connectivity index (χ1n) is 6.75. The second-order valence-corrected chi connectivity index (χ2v) is 4.82. The number of hydrogen-bond donors (Lipinski definition) is 1. The van der Waals surface area contributed by atoms with E-state index >= 15 is 0 Å². The van der Waals surface area contributed by atoms with E-state index in [9.17, 15) is 0 Å². The van der Waals surface area contributed by atoms with Crippen LogP contribution in [0.3, 0.4) is 0 Å². The van der Waals surface area contributed by atoms with Gasteiger partial charge in [0.15, 0.2) is 0 Å². The van der Waals surface area contributed by atoms with E-state index in [-0.39, 0.29) is 0 Å². The van der Waals surface area contributed by atoms with E-state index in [2.05, 4.69) is 30.4 Å². The fraction of sp³-hybridized carbons (Fsp3) is 0.600. The van der Waals surface area contributed by atoms with Crippen LogP contribution in [0.4, 0.5) is 0 Å². The summed E-state index contributed by atoms with van der Waals surface area (Å²) in [6.45, 7) is 3.37. The SMILES string of the molecule is CCCCNC1CCCc2cc(OC)ccc21. The third kappa shape index (κ3) is 3.01. The van der Waals surface area contributed by atoms with Gasteiger partial charge in [-0.15, -0.1) is 0 Å². The third-order valence-electron chi connectivity index (χ3n) is 3.59. The molecule has 1 unspecified atom stereocenters. The molecule has 1 atom stereocenters. The van der Waals surface area contributed by atoms with Crippen LogP contribution in [0.15, 0.2) is 18.2 Å². The molecule has 0 amide bonds. The normalized spacial score (nSPS) is 18.8. The Labute approximate surface area is 104 Å². The molecule has 17 heavy (non-hydrogen) atoms. The Balaban J connectivity index is 2.08. The monoisotopic (exact) mass is 233 g/mol. The van der Waals surface area contributed by atoms with Gasteiger partial charge < -0.3 is 10.1 Å². The average Bonchev–Trinajstić information content (AvgIpc) is 2.38. The van der Waals surface area contributed by atoms with Crippen molar-refractivity contribution < 1.29 is 4.74 Å².